The molecule has 1 atom stereocenters. The molecule has 4 nitrogen and oxygen atoms in total. The number of nitrogens with two attached hydrogens (primary N) is 1. The quantitative estimate of drug-likeness (QED) is 0.690. The van der Waals surface area contributed by atoms with E-state index >= 15 is 0 Å². The molecular formula is C16H22N4S2. The van der Waals surface area contributed by atoms with E-state index in [0.717, 1.165) is 33.5 Å². The first-order chi connectivity index (χ1) is 10.7. The van der Waals surface area contributed by atoms with Crippen molar-refractivity contribution in [1.29, 1.82) is 0 Å². The molecule has 4 rings (SSSR count). The van der Waals surface area contributed by atoms with E-state index in [9.17, 15) is 0 Å². The van der Waals surface area contributed by atoms with Crippen LogP contribution in [0.1, 0.15) is 29.7 Å². The fourth-order valence-electron chi connectivity index (χ4n) is 3.67. The molecule has 2 aromatic heterocycles. The summed E-state index contributed by atoms with van der Waals surface area (Å²) in [6, 6.07) is 0. The average molecular weight is 335 g/mol. The predicted molar refractivity (Wildman–Crippen MR) is 94.8 cm³/mol. The number of likely N-dealkylation sites (tertiary alicyclic amines) is 1. The number of aromatic nitrogens is 2. The van der Waals surface area contributed by atoms with E-state index in [1.54, 1.807) is 11.8 Å². The number of rotatable bonds is 3. The molecule has 1 saturated heterocycles. The highest BCUT2D eigenvalue weighted by Gasteiger charge is 2.22. The number of hydrogen-bond acceptors (Lipinski definition) is 6. The van der Waals surface area contributed by atoms with Crippen LogP contribution in [-0.2, 0) is 12.8 Å². The summed E-state index contributed by atoms with van der Waals surface area (Å²) < 4.78 is 0. The van der Waals surface area contributed by atoms with E-state index in [0.29, 0.717) is 5.82 Å². The van der Waals surface area contributed by atoms with Gasteiger partial charge in [-0.25, -0.2) is 9.97 Å². The van der Waals surface area contributed by atoms with Gasteiger partial charge in [0, 0.05) is 17.2 Å². The van der Waals surface area contributed by atoms with Gasteiger partial charge in [-0.05, 0) is 57.2 Å². The number of hydrogen-bond donors (Lipinski definition) is 1. The Labute approximate surface area is 139 Å². The summed E-state index contributed by atoms with van der Waals surface area (Å²) in [6.07, 6.45) is 6.21. The number of fused-ring (bicyclic) bond motifs is 3. The summed E-state index contributed by atoms with van der Waals surface area (Å²) >= 11 is 3.60. The summed E-state index contributed by atoms with van der Waals surface area (Å²) in [7, 11) is 2.21. The van der Waals surface area contributed by atoms with Gasteiger partial charge >= 0.3 is 0 Å². The van der Waals surface area contributed by atoms with Crippen molar-refractivity contribution < 1.29 is 0 Å². The van der Waals surface area contributed by atoms with Crippen molar-refractivity contribution in [3.8, 4) is 0 Å². The minimum atomic E-state index is 0.688. The molecule has 1 unspecified atom stereocenters. The van der Waals surface area contributed by atoms with Gasteiger partial charge in [-0.15, -0.1) is 11.3 Å². The Morgan fingerprint density at radius 3 is 3.09 bits per heavy atom. The summed E-state index contributed by atoms with van der Waals surface area (Å²) in [5.41, 5.74) is 7.66. The molecule has 6 heteroatoms. The molecular weight excluding hydrogens is 312 g/mol. The molecule has 1 aliphatic heterocycles. The van der Waals surface area contributed by atoms with Crippen LogP contribution < -0.4 is 5.73 Å². The van der Waals surface area contributed by atoms with Crippen LogP contribution in [0, 0.1) is 5.92 Å². The van der Waals surface area contributed by atoms with Crippen molar-refractivity contribution in [2.75, 3.05) is 31.6 Å². The fraction of sp³-hybridized carbons (Fsp3) is 0.625. The Bertz CT molecular complexity index is 697. The Morgan fingerprint density at radius 1 is 1.32 bits per heavy atom. The van der Waals surface area contributed by atoms with Crippen molar-refractivity contribution in [1.82, 2.24) is 14.9 Å². The number of nitrogens with zero attached hydrogens (tertiary/aromatic N) is 3. The third-order valence-electron chi connectivity index (χ3n) is 4.74. The van der Waals surface area contributed by atoms with Gasteiger partial charge in [-0.3, -0.25) is 0 Å². The Balaban J connectivity index is 1.53. The lowest BCUT2D eigenvalue weighted by atomic mass is 10.0. The van der Waals surface area contributed by atoms with Gasteiger partial charge in [0.15, 0.2) is 5.16 Å². The van der Waals surface area contributed by atoms with Crippen molar-refractivity contribution in [2.45, 2.75) is 37.3 Å². The third-order valence-corrected chi connectivity index (χ3v) is 7.01. The molecule has 2 N–H and O–H groups in total. The van der Waals surface area contributed by atoms with Crippen LogP contribution in [-0.4, -0.2) is 40.8 Å². The standard InChI is InChI=1S/C16H22N4S2/c1-20-7-3-4-10(8-20)9-21-16-18-14(17)13-11-5-2-6-12(11)22-15(13)19-16/h10H,2-9H2,1H3,(H2,17,18,19). The number of piperidine rings is 1. The number of thioether (sulfide) groups is 1. The lowest BCUT2D eigenvalue weighted by Gasteiger charge is -2.29. The molecule has 0 saturated carbocycles. The Hall–Kier alpha value is -0.850. The molecule has 0 amide bonds. The lowest BCUT2D eigenvalue weighted by Crippen LogP contribution is -2.33. The number of nitrogen functional groups attached to an aromatic ring is 1. The summed E-state index contributed by atoms with van der Waals surface area (Å²) in [5.74, 6) is 2.53. The van der Waals surface area contributed by atoms with Gasteiger partial charge in [-0.1, -0.05) is 11.8 Å². The van der Waals surface area contributed by atoms with Crippen molar-refractivity contribution in [3.05, 3.63) is 10.4 Å². The minimum absolute atomic E-state index is 0.688. The van der Waals surface area contributed by atoms with Crippen molar-refractivity contribution in [2.24, 2.45) is 5.92 Å². The zero-order valence-corrected chi connectivity index (χ0v) is 14.6. The largest absolute Gasteiger partial charge is 0.383 e. The highest BCUT2D eigenvalue weighted by atomic mass is 32.2. The van der Waals surface area contributed by atoms with Gasteiger partial charge in [0.1, 0.15) is 10.6 Å². The Morgan fingerprint density at radius 2 is 2.23 bits per heavy atom. The minimum Gasteiger partial charge on any atom is -0.383 e. The summed E-state index contributed by atoms with van der Waals surface area (Å²) in [4.78, 5) is 14.4. The van der Waals surface area contributed by atoms with Crippen molar-refractivity contribution >= 4 is 39.1 Å². The maximum absolute atomic E-state index is 6.24. The van der Waals surface area contributed by atoms with Gasteiger partial charge in [0.25, 0.3) is 0 Å². The van der Waals surface area contributed by atoms with Crippen LogP contribution >= 0.6 is 23.1 Å². The first-order valence-corrected chi connectivity index (χ1v) is 9.90. The molecule has 1 aliphatic carbocycles. The third kappa shape index (κ3) is 2.72. The van der Waals surface area contributed by atoms with E-state index in [1.165, 1.54) is 49.2 Å². The zero-order valence-electron chi connectivity index (χ0n) is 13.0. The topological polar surface area (TPSA) is 55.0 Å². The van der Waals surface area contributed by atoms with Gasteiger partial charge < -0.3 is 10.6 Å². The number of thiophene rings is 1. The summed E-state index contributed by atoms with van der Waals surface area (Å²) in [5, 5.41) is 2.00. The van der Waals surface area contributed by atoms with E-state index in [2.05, 4.69) is 16.9 Å². The molecule has 0 bridgehead atoms. The second kappa shape index (κ2) is 5.98. The highest BCUT2D eigenvalue weighted by molar-refractivity contribution is 7.99. The Kier molecular flexibility index (Phi) is 4.00. The van der Waals surface area contributed by atoms with Crippen LogP contribution in [0.15, 0.2) is 5.16 Å². The van der Waals surface area contributed by atoms with E-state index in [1.807, 2.05) is 11.3 Å². The zero-order chi connectivity index (χ0) is 15.1. The molecule has 0 spiro atoms. The first kappa shape index (κ1) is 14.7. The normalized spacial score (nSPS) is 22.3. The monoisotopic (exact) mass is 334 g/mol. The second-order valence-electron chi connectivity index (χ2n) is 6.51. The lowest BCUT2D eigenvalue weighted by molar-refractivity contribution is 0.224. The molecule has 0 aromatic carbocycles. The molecule has 2 aliphatic rings. The average Bonchev–Trinajstić information content (AvgIpc) is 3.05. The van der Waals surface area contributed by atoms with E-state index in [4.69, 9.17) is 10.7 Å². The maximum atomic E-state index is 6.24. The molecule has 3 heterocycles. The van der Waals surface area contributed by atoms with Crippen LogP contribution in [0.25, 0.3) is 10.2 Å². The predicted octanol–water partition coefficient (Wildman–Crippen LogP) is 3.20. The van der Waals surface area contributed by atoms with Crippen molar-refractivity contribution in [3.63, 3.8) is 0 Å². The molecule has 1 fully saturated rings. The highest BCUT2D eigenvalue weighted by Crippen LogP contribution is 2.39. The van der Waals surface area contributed by atoms with Gasteiger partial charge in [0.2, 0.25) is 0 Å². The van der Waals surface area contributed by atoms with E-state index in [-0.39, 0.29) is 0 Å². The molecule has 2 aromatic rings. The number of anilines is 1. The van der Waals surface area contributed by atoms with E-state index < -0.39 is 0 Å². The fourth-order valence-corrected chi connectivity index (χ4v) is 5.97. The summed E-state index contributed by atoms with van der Waals surface area (Å²) in [6.45, 7) is 2.43. The SMILES string of the molecule is CN1CCCC(CSc2nc(N)c3c4c(sc3n2)CCC4)C1. The van der Waals surface area contributed by atoms with Crippen LogP contribution in [0.3, 0.4) is 0 Å². The molecule has 0 radical (unpaired) electrons. The molecule has 22 heavy (non-hydrogen) atoms. The number of aryl methyl sites for hydroxylation is 2. The second-order valence-corrected chi connectivity index (χ2v) is 8.58. The van der Waals surface area contributed by atoms with Crippen LogP contribution in [0.2, 0.25) is 0 Å². The van der Waals surface area contributed by atoms with Crippen LogP contribution in [0.4, 0.5) is 5.82 Å². The molecule has 118 valence electrons. The van der Waals surface area contributed by atoms with Gasteiger partial charge in [-0.2, -0.15) is 0 Å². The van der Waals surface area contributed by atoms with Gasteiger partial charge in [0.05, 0.1) is 5.39 Å². The van der Waals surface area contributed by atoms with Crippen LogP contribution in [0.5, 0.6) is 0 Å². The first-order valence-electron chi connectivity index (χ1n) is 8.10. The smallest absolute Gasteiger partial charge is 0.190 e. The maximum Gasteiger partial charge on any atom is 0.190 e.